The number of para-hydroxylation sites is 3. The Kier molecular flexibility index (Phi) is 3.53. The van der Waals surface area contributed by atoms with Crippen molar-refractivity contribution in [3.05, 3.63) is 103 Å². The number of hydrogen-bond donors (Lipinski definition) is 0. The first-order valence-corrected chi connectivity index (χ1v) is 9.87. The van der Waals surface area contributed by atoms with Crippen LogP contribution in [0.3, 0.4) is 0 Å². The third-order valence-corrected chi connectivity index (χ3v) is 5.66. The highest BCUT2D eigenvalue weighted by Gasteiger charge is 2.15. The zero-order valence-corrected chi connectivity index (χ0v) is 15.9. The molecule has 0 unspecified atom stereocenters. The molecule has 0 saturated heterocycles. The normalized spacial score (nSPS) is 11.6. The van der Waals surface area contributed by atoms with E-state index in [1.54, 1.807) is 0 Å². The molecule has 0 fully saturated rings. The van der Waals surface area contributed by atoms with Crippen molar-refractivity contribution in [3.63, 3.8) is 0 Å². The predicted molar refractivity (Wildman–Crippen MR) is 120 cm³/mol. The number of aromatic nitrogens is 3. The number of rotatable bonds is 3. The van der Waals surface area contributed by atoms with Crippen LogP contribution >= 0.6 is 0 Å². The summed E-state index contributed by atoms with van der Waals surface area (Å²) in [4.78, 5) is 0. The lowest BCUT2D eigenvalue weighted by atomic mass is 10.1. The lowest BCUT2D eigenvalue weighted by molar-refractivity contribution is 0.593. The highest BCUT2D eigenvalue weighted by molar-refractivity contribution is 6.08. The van der Waals surface area contributed by atoms with E-state index >= 15 is 0 Å². The van der Waals surface area contributed by atoms with Gasteiger partial charge in [-0.2, -0.15) is 5.10 Å². The molecule has 0 amide bonds. The third-order valence-electron chi connectivity index (χ3n) is 5.66. The van der Waals surface area contributed by atoms with Crippen LogP contribution in [0.25, 0.3) is 44.0 Å². The highest BCUT2D eigenvalue weighted by Crippen LogP contribution is 2.31. The topological polar surface area (TPSA) is 22.8 Å². The summed E-state index contributed by atoms with van der Waals surface area (Å²) in [6.07, 6.45) is 0. The van der Waals surface area contributed by atoms with E-state index in [9.17, 15) is 0 Å². The van der Waals surface area contributed by atoms with Gasteiger partial charge in [-0.1, -0.05) is 84.9 Å². The largest absolute Gasteiger partial charge is 0.320 e. The number of nitrogens with zero attached hydrogens (tertiary/aromatic N) is 3. The van der Waals surface area contributed by atoms with Crippen LogP contribution in [-0.2, 0) is 6.67 Å². The fourth-order valence-corrected chi connectivity index (χ4v) is 4.33. The first-order chi connectivity index (χ1) is 14.4. The molecule has 0 aliphatic rings. The van der Waals surface area contributed by atoms with E-state index in [1.165, 1.54) is 27.2 Å². The minimum atomic E-state index is 0.668. The molecule has 0 aliphatic carbocycles. The average molecular weight is 373 g/mol. The molecule has 4 aromatic carbocycles. The van der Waals surface area contributed by atoms with Gasteiger partial charge < -0.3 is 4.57 Å². The molecule has 2 aromatic heterocycles. The van der Waals surface area contributed by atoms with E-state index in [0.717, 1.165) is 16.8 Å². The molecule has 0 atom stereocenters. The summed E-state index contributed by atoms with van der Waals surface area (Å²) in [6, 6.07) is 36.1. The smallest absolute Gasteiger partial charge is 0.117 e. The van der Waals surface area contributed by atoms with Gasteiger partial charge in [0.25, 0.3) is 0 Å². The first-order valence-electron chi connectivity index (χ1n) is 9.87. The Balaban J connectivity index is 1.59. The quantitative estimate of drug-likeness (QED) is 0.356. The molecule has 29 heavy (non-hydrogen) atoms. The van der Waals surface area contributed by atoms with E-state index in [1.807, 2.05) is 6.07 Å². The van der Waals surface area contributed by atoms with Crippen LogP contribution in [0, 0.1) is 0 Å². The van der Waals surface area contributed by atoms with Gasteiger partial charge in [0.2, 0.25) is 0 Å². The monoisotopic (exact) mass is 373 g/mol. The summed E-state index contributed by atoms with van der Waals surface area (Å²) in [6.45, 7) is 0.668. The summed E-state index contributed by atoms with van der Waals surface area (Å²) in [7, 11) is 0. The summed E-state index contributed by atoms with van der Waals surface area (Å²) in [5.74, 6) is 0. The Hall–Kier alpha value is -3.85. The molecule has 0 radical (unpaired) electrons. The van der Waals surface area contributed by atoms with Crippen LogP contribution in [0.4, 0.5) is 0 Å². The van der Waals surface area contributed by atoms with Crippen molar-refractivity contribution in [3.8, 4) is 11.3 Å². The van der Waals surface area contributed by atoms with Gasteiger partial charge in [-0.05, 0) is 18.2 Å². The van der Waals surface area contributed by atoms with Crippen molar-refractivity contribution >= 4 is 32.7 Å². The third kappa shape index (κ3) is 2.48. The fraction of sp³-hybridized carbons (Fsp3) is 0.0385. The van der Waals surface area contributed by atoms with Gasteiger partial charge in [0.15, 0.2) is 0 Å². The van der Waals surface area contributed by atoms with Gasteiger partial charge in [0, 0.05) is 21.7 Å². The number of fused-ring (bicyclic) bond motifs is 4. The van der Waals surface area contributed by atoms with Crippen LogP contribution in [0.5, 0.6) is 0 Å². The molecule has 0 spiro atoms. The van der Waals surface area contributed by atoms with Crippen molar-refractivity contribution < 1.29 is 0 Å². The molecule has 138 valence electrons. The van der Waals surface area contributed by atoms with Crippen molar-refractivity contribution in [1.29, 1.82) is 0 Å². The van der Waals surface area contributed by atoms with Crippen molar-refractivity contribution in [1.82, 2.24) is 14.3 Å². The maximum Gasteiger partial charge on any atom is 0.117 e. The molecule has 6 rings (SSSR count). The SMILES string of the molecule is c1ccc(-c2nn(Cn3c4ccccc4c4ccccc43)c3ccccc23)cc1. The van der Waals surface area contributed by atoms with E-state index in [-0.39, 0.29) is 0 Å². The van der Waals surface area contributed by atoms with Crippen LogP contribution in [0.15, 0.2) is 103 Å². The lowest BCUT2D eigenvalue weighted by Gasteiger charge is -2.09. The van der Waals surface area contributed by atoms with Gasteiger partial charge in [-0.15, -0.1) is 0 Å². The predicted octanol–water partition coefficient (Wildman–Crippen LogP) is 6.32. The van der Waals surface area contributed by atoms with E-state index in [0.29, 0.717) is 6.67 Å². The second-order valence-corrected chi connectivity index (χ2v) is 7.34. The summed E-state index contributed by atoms with van der Waals surface area (Å²) < 4.78 is 4.48. The van der Waals surface area contributed by atoms with Crippen molar-refractivity contribution in [2.75, 3.05) is 0 Å². The van der Waals surface area contributed by atoms with Gasteiger partial charge in [0.1, 0.15) is 12.4 Å². The molecule has 0 bridgehead atoms. The zero-order chi connectivity index (χ0) is 19.2. The Morgan fingerprint density at radius 2 is 1.03 bits per heavy atom. The average Bonchev–Trinajstić information content (AvgIpc) is 3.32. The summed E-state index contributed by atoms with van der Waals surface area (Å²) in [5.41, 5.74) is 5.78. The molecule has 3 nitrogen and oxygen atoms in total. The Morgan fingerprint density at radius 3 is 1.69 bits per heavy atom. The molecule has 6 aromatic rings. The Morgan fingerprint density at radius 1 is 0.517 bits per heavy atom. The second kappa shape index (κ2) is 6.35. The first kappa shape index (κ1) is 16.1. The van der Waals surface area contributed by atoms with Gasteiger partial charge in [0.05, 0.1) is 16.6 Å². The Bertz CT molecular complexity index is 1420. The van der Waals surface area contributed by atoms with E-state index in [4.69, 9.17) is 5.10 Å². The number of hydrogen-bond acceptors (Lipinski definition) is 1. The zero-order valence-electron chi connectivity index (χ0n) is 15.9. The molecule has 3 heteroatoms. The second-order valence-electron chi connectivity index (χ2n) is 7.34. The van der Waals surface area contributed by atoms with E-state index < -0.39 is 0 Å². The number of benzene rings is 4. The van der Waals surface area contributed by atoms with E-state index in [2.05, 4.69) is 106 Å². The molecule has 0 aliphatic heterocycles. The summed E-state index contributed by atoms with van der Waals surface area (Å²) >= 11 is 0. The standard InChI is InChI=1S/C26H19N3/c1-2-10-19(11-3-1)26-22-14-6-9-17-25(22)29(27-26)18-28-23-15-7-4-12-20(23)21-13-5-8-16-24(21)28/h1-17H,18H2. The summed E-state index contributed by atoms with van der Waals surface area (Å²) in [5, 5.41) is 8.78. The van der Waals surface area contributed by atoms with Gasteiger partial charge in [-0.3, -0.25) is 0 Å². The highest BCUT2D eigenvalue weighted by atomic mass is 15.3. The molecular weight excluding hydrogens is 354 g/mol. The maximum absolute atomic E-state index is 5.04. The lowest BCUT2D eigenvalue weighted by Crippen LogP contribution is -2.09. The van der Waals surface area contributed by atoms with Gasteiger partial charge in [-0.25, -0.2) is 4.68 Å². The maximum atomic E-state index is 5.04. The van der Waals surface area contributed by atoms with Crippen molar-refractivity contribution in [2.24, 2.45) is 0 Å². The minimum absolute atomic E-state index is 0.668. The van der Waals surface area contributed by atoms with Crippen LogP contribution in [0.1, 0.15) is 0 Å². The molecular formula is C26H19N3. The molecule has 2 heterocycles. The molecule has 0 saturated carbocycles. The van der Waals surface area contributed by atoms with Crippen molar-refractivity contribution in [2.45, 2.75) is 6.67 Å². The van der Waals surface area contributed by atoms with Crippen LogP contribution in [0.2, 0.25) is 0 Å². The van der Waals surface area contributed by atoms with Crippen LogP contribution in [-0.4, -0.2) is 14.3 Å². The fourth-order valence-electron chi connectivity index (χ4n) is 4.33. The minimum Gasteiger partial charge on any atom is -0.320 e. The van der Waals surface area contributed by atoms with Gasteiger partial charge >= 0.3 is 0 Å². The molecule has 0 N–H and O–H groups in total. The van der Waals surface area contributed by atoms with Crippen LogP contribution < -0.4 is 0 Å². The Labute approximate surface area is 168 Å².